The fraction of sp³-hybridized carbons (Fsp3) is 0.421. The number of ether oxygens (including phenoxy) is 2. The summed E-state index contributed by atoms with van der Waals surface area (Å²) in [6.07, 6.45) is 6.88. The topological polar surface area (TPSA) is 85.5 Å². The van der Waals surface area contributed by atoms with Crippen molar-refractivity contribution in [2.45, 2.75) is 25.0 Å². The van der Waals surface area contributed by atoms with Crippen LogP contribution in [-0.4, -0.2) is 58.0 Å². The van der Waals surface area contributed by atoms with Crippen molar-refractivity contribution in [2.75, 3.05) is 32.2 Å². The predicted octanol–water partition coefficient (Wildman–Crippen LogP) is 1.88. The van der Waals surface area contributed by atoms with Gasteiger partial charge in [-0.05, 0) is 31.0 Å². The minimum absolute atomic E-state index is 0.450. The third kappa shape index (κ3) is 3.40. The van der Waals surface area contributed by atoms with Gasteiger partial charge in [0.05, 0.1) is 33.5 Å². The van der Waals surface area contributed by atoms with Crippen LogP contribution >= 0.6 is 0 Å². The zero-order valence-corrected chi connectivity index (χ0v) is 15.5. The maximum atomic E-state index is 11.1. The summed E-state index contributed by atoms with van der Waals surface area (Å²) in [7, 11) is 3.22. The Morgan fingerprint density at radius 1 is 1.22 bits per heavy atom. The molecule has 4 rings (SSSR count). The number of hydrogen-bond donors (Lipinski definition) is 1. The first kappa shape index (κ1) is 17.5. The first-order valence-electron chi connectivity index (χ1n) is 8.94. The van der Waals surface area contributed by atoms with Crippen LogP contribution in [0, 0.1) is 0 Å². The molecule has 1 fully saturated rings. The van der Waals surface area contributed by atoms with E-state index in [0.717, 1.165) is 36.0 Å². The largest absolute Gasteiger partial charge is 0.493 e. The van der Waals surface area contributed by atoms with Gasteiger partial charge in [0.1, 0.15) is 5.60 Å². The summed E-state index contributed by atoms with van der Waals surface area (Å²) in [5, 5.41) is 25.7. The van der Waals surface area contributed by atoms with Crippen LogP contribution in [0.25, 0.3) is 10.8 Å². The van der Waals surface area contributed by atoms with Crippen molar-refractivity contribution >= 4 is 16.6 Å². The van der Waals surface area contributed by atoms with Crippen molar-refractivity contribution in [1.82, 2.24) is 20.0 Å². The lowest BCUT2D eigenvalue weighted by molar-refractivity contribution is 0.00634. The average molecular weight is 369 g/mol. The van der Waals surface area contributed by atoms with E-state index in [-0.39, 0.29) is 0 Å². The molecule has 1 unspecified atom stereocenters. The zero-order valence-electron chi connectivity index (χ0n) is 15.5. The number of rotatable bonds is 5. The molecule has 3 heterocycles. The molecule has 1 atom stereocenters. The van der Waals surface area contributed by atoms with Crippen molar-refractivity contribution in [2.24, 2.45) is 0 Å². The van der Waals surface area contributed by atoms with Gasteiger partial charge in [-0.25, -0.2) is 0 Å². The highest BCUT2D eigenvalue weighted by Crippen LogP contribution is 2.36. The highest BCUT2D eigenvalue weighted by Gasteiger charge is 2.35. The SMILES string of the molecule is COc1cc2cnnc(N3CCCC(O)(Cn4cccn4)C3)c2cc1OC. The Morgan fingerprint density at radius 2 is 2.04 bits per heavy atom. The fourth-order valence-corrected chi connectivity index (χ4v) is 3.75. The van der Waals surface area contributed by atoms with E-state index in [1.807, 2.05) is 24.4 Å². The maximum Gasteiger partial charge on any atom is 0.161 e. The molecule has 0 amide bonds. The highest BCUT2D eigenvalue weighted by molar-refractivity contribution is 5.94. The van der Waals surface area contributed by atoms with E-state index in [9.17, 15) is 5.11 Å². The summed E-state index contributed by atoms with van der Waals surface area (Å²) in [5.41, 5.74) is -0.870. The summed E-state index contributed by atoms with van der Waals surface area (Å²) in [4.78, 5) is 2.09. The highest BCUT2D eigenvalue weighted by atomic mass is 16.5. The fourth-order valence-electron chi connectivity index (χ4n) is 3.75. The lowest BCUT2D eigenvalue weighted by Crippen LogP contribution is -2.51. The number of benzene rings is 1. The minimum atomic E-state index is -0.870. The summed E-state index contributed by atoms with van der Waals surface area (Å²) >= 11 is 0. The normalized spacial score (nSPS) is 20.0. The van der Waals surface area contributed by atoms with Crippen LogP contribution in [0.2, 0.25) is 0 Å². The average Bonchev–Trinajstić information content (AvgIpc) is 3.18. The van der Waals surface area contributed by atoms with Crippen molar-refractivity contribution in [3.8, 4) is 11.5 Å². The third-order valence-electron chi connectivity index (χ3n) is 5.02. The van der Waals surface area contributed by atoms with E-state index < -0.39 is 5.60 Å². The summed E-state index contributed by atoms with van der Waals surface area (Å²) in [6.45, 7) is 1.73. The Labute approximate surface area is 157 Å². The molecule has 8 nitrogen and oxygen atoms in total. The first-order chi connectivity index (χ1) is 13.1. The van der Waals surface area contributed by atoms with Crippen LogP contribution in [-0.2, 0) is 6.54 Å². The number of hydrogen-bond acceptors (Lipinski definition) is 7. The van der Waals surface area contributed by atoms with Gasteiger partial charge in [0.2, 0.25) is 0 Å². The molecule has 27 heavy (non-hydrogen) atoms. The van der Waals surface area contributed by atoms with E-state index in [4.69, 9.17) is 9.47 Å². The number of methoxy groups -OCH3 is 2. The van der Waals surface area contributed by atoms with Crippen LogP contribution in [0.3, 0.4) is 0 Å². The second-order valence-electron chi connectivity index (χ2n) is 6.92. The molecule has 2 aromatic heterocycles. The number of β-amino-alcohol motifs (C(OH)–C–C–N with tert-alkyl or cyclic N) is 1. The summed E-state index contributed by atoms with van der Waals surface area (Å²) < 4.78 is 12.6. The Bertz CT molecular complexity index is 930. The molecule has 1 aliphatic heterocycles. The number of fused-ring (bicyclic) bond motifs is 1. The van der Waals surface area contributed by atoms with Crippen molar-refractivity contribution < 1.29 is 14.6 Å². The number of aromatic nitrogens is 4. The van der Waals surface area contributed by atoms with Crippen molar-refractivity contribution in [3.63, 3.8) is 0 Å². The zero-order chi connectivity index (χ0) is 18.9. The van der Waals surface area contributed by atoms with Crippen LogP contribution in [0.4, 0.5) is 5.82 Å². The molecular formula is C19H23N5O3. The van der Waals surface area contributed by atoms with Crippen LogP contribution < -0.4 is 14.4 Å². The predicted molar refractivity (Wildman–Crippen MR) is 101 cm³/mol. The molecular weight excluding hydrogens is 346 g/mol. The molecule has 0 bridgehead atoms. The summed E-state index contributed by atoms with van der Waals surface area (Å²) in [6, 6.07) is 5.67. The smallest absolute Gasteiger partial charge is 0.161 e. The first-order valence-corrected chi connectivity index (χ1v) is 8.94. The van der Waals surface area contributed by atoms with Gasteiger partial charge in [0.15, 0.2) is 17.3 Å². The quantitative estimate of drug-likeness (QED) is 0.735. The Hall–Kier alpha value is -2.87. The lowest BCUT2D eigenvalue weighted by Gasteiger charge is -2.39. The van der Waals surface area contributed by atoms with Gasteiger partial charge >= 0.3 is 0 Å². The number of aliphatic hydroxyl groups is 1. The molecule has 1 aliphatic rings. The molecule has 8 heteroatoms. The van der Waals surface area contributed by atoms with Crippen molar-refractivity contribution in [3.05, 3.63) is 36.8 Å². The molecule has 0 spiro atoms. The molecule has 1 aromatic carbocycles. The second kappa shape index (κ2) is 7.03. The van der Waals surface area contributed by atoms with Gasteiger partial charge in [-0.15, -0.1) is 5.10 Å². The van der Waals surface area contributed by atoms with E-state index in [1.54, 1.807) is 31.3 Å². The van der Waals surface area contributed by atoms with Gasteiger partial charge in [-0.2, -0.15) is 10.2 Å². The number of piperidine rings is 1. The Morgan fingerprint density at radius 3 is 2.78 bits per heavy atom. The van der Waals surface area contributed by atoms with Crippen LogP contribution in [0.15, 0.2) is 36.8 Å². The van der Waals surface area contributed by atoms with Crippen LogP contribution in [0.1, 0.15) is 12.8 Å². The standard InChI is InChI=1S/C19H23N5O3/c1-26-16-9-14-11-20-22-18(15(14)10-17(16)27-2)23-7-3-5-19(25,12-23)13-24-8-4-6-21-24/h4,6,8-11,25H,3,5,7,12-13H2,1-2H3. The number of nitrogens with zero attached hydrogens (tertiary/aromatic N) is 5. The Balaban J connectivity index is 1.68. The van der Waals surface area contributed by atoms with Gasteiger partial charge in [0, 0.05) is 29.7 Å². The third-order valence-corrected chi connectivity index (χ3v) is 5.02. The molecule has 1 N–H and O–H groups in total. The van der Waals surface area contributed by atoms with Crippen LogP contribution in [0.5, 0.6) is 11.5 Å². The van der Waals surface area contributed by atoms with Gasteiger partial charge in [-0.3, -0.25) is 4.68 Å². The monoisotopic (exact) mass is 369 g/mol. The Kier molecular flexibility index (Phi) is 4.57. The molecule has 0 aliphatic carbocycles. The van der Waals surface area contributed by atoms with Crippen molar-refractivity contribution in [1.29, 1.82) is 0 Å². The minimum Gasteiger partial charge on any atom is -0.493 e. The number of anilines is 1. The van der Waals surface area contributed by atoms with Gasteiger partial charge in [-0.1, -0.05) is 0 Å². The molecule has 0 radical (unpaired) electrons. The maximum absolute atomic E-state index is 11.1. The second-order valence-corrected chi connectivity index (χ2v) is 6.92. The van der Waals surface area contributed by atoms with E-state index >= 15 is 0 Å². The van der Waals surface area contributed by atoms with E-state index in [1.165, 1.54) is 0 Å². The lowest BCUT2D eigenvalue weighted by atomic mass is 9.92. The molecule has 0 saturated carbocycles. The molecule has 3 aromatic rings. The van der Waals surface area contributed by atoms with E-state index in [2.05, 4.69) is 20.2 Å². The van der Waals surface area contributed by atoms with Gasteiger partial charge < -0.3 is 19.5 Å². The molecule has 142 valence electrons. The van der Waals surface area contributed by atoms with Gasteiger partial charge in [0.25, 0.3) is 0 Å². The van der Waals surface area contributed by atoms with E-state index in [0.29, 0.717) is 24.6 Å². The summed E-state index contributed by atoms with van der Waals surface area (Å²) in [5.74, 6) is 2.04. The molecule has 1 saturated heterocycles.